The van der Waals surface area contributed by atoms with E-state index in [1.54, 1.807) is 0 Å². The van der Waals surface area contributed by atoms with Gasteiger partial charge >= 0.3 is 0 Å². The lowest BCUT2D eigenvalue weighted by molar-refractivity contribution is 0.153. The minimum absolute atomic E-state index is 0.665. The number of rotatable bonds is 4. The molecule has 0 unspecified atom stereocenters. The zero-order chi connectivity index (χ0) is 16.8. The van der Waals surface area contributed by atoms with Crippen molar-refractivity contribution in [1.29, 1.82) is 0 Å². The predicted molar refractivity (Wildman–Crippen MR) is 99.9 cm³/mol. The van der Waals surface area contributed by atoms with E-state index >= 15 is 0 Å². The lowest BCUT2D eigenvalue weighted by Crippen LogP contribution is -2.51. The van der Waals surface area contributed by atoms with Crippen LogP contribution >= 0.6 is 11.6 Å². The van der Waals surface area contributed by atoms with Crippen molar-refractivity contribution in [3.63, 3.8) is 0 Å². The van der Waals surface area contributed by atoms with Crippen LogP contribution < -0.4 is 10.6 Å². The third-order valence-electron chi connectivity index (χ3n) is 4.56. The van der Waals surface area contributed by atoms with Gasteiger partial charge in [-0.15, -0.1) is 0 Å². The van der Waals surface area contributed by atoms with Gasteiger partial charge in [0.2, 0.25) is 0 Å². The van der Waals surface area contributed by atoms with Gasteiger partial charge in [-0.2, -0.15) is 0 Å². The van der Waals surface area contributed by atoms with Crippen molar-refractivity contribution in [3.8, 4) is 0 Å². The molecule has 5 nitrogen and oxygen atoms in total. The Bertz CT molecular complexity index is 592. The third-order valence-corrected chi connectivity index (χ3v) is 4.81. The highest BCUT2D eigenvalue weighted by atomic mass is 35.5. The first-order chi connectivity index (χ1) is 11.7. The highest BCUT2D eigenvalue weighted by Crippen LogP contribution is 2.19. The topological polar surface area (TPSA) is 54.1 Å². The van der Waals surface area contributed by atoms with Gasteiger partial charge in [-0.25, -0.2) is 0 Å². The number of guanidine groups is 1. The minimum atomic E-state index is 0.665. The van der Waals surface area contributed by atoms with Gasteiger partial charge in [0.25, 0.3) is 0 Å². The molecule has 24 heavy (non-hydrogen) atoms. The van der Waals surface area contributed by atoms with E-state index in [9.17, 15) is 0 Å². The Morgan fingerprint density at radius 1 is 1.17 bits per heavy atom. The van der Waals surface area contributed by atoms with Crippen LogP contribution in [0.3, 0.4) is 0 Å². The second kappa shape index (κ2) is 8.40. The molecule has 2 heterocycles. The van der Waals surface area contributed by atoms with Crippen LogP contribution in [0.4, 0.5) is 5.69 Å². The Hall–Kier alpha value is -1.72. The average molecular weight is 349 g/mol. The molecule has 130 valence electrons. The maximum Gasteiger partial charge on any atom is 0.191 e. The number of piperazine rings is 1. The van der Waals surface area contributed by atoms with Crippen LogP contribution in [0.2, 0.25) is 5.02 Å². The molecular formula is C18H25ClN4O. The van der Waals surface area contributed by atoms with Gasteiger partial charge in [0, 0.05) is 43.4 Å². The lowest BCUT2D eigenvalue weighted by atomic mass is 10.1. The number of nitrogens with zero attached hydrogens (tertiary/aromatic N) is 3. The van der Waals surface area contributed by atoms with Crippen molar-refractivity contribution in [2.75, 3.05) is 50.8 Å². The summed E-state index contributed by atoms with van der Waals surface area (Å²) >= 11 is 5.95. The Morgan fingerprint density at radius 2 is 1.92 bits per heavy atom. The Labute approximate surface area is 148 Å². The standard InChI is InChI=1S/C18H25ClN4O/c19-16-1-3-17(4-2-16)22-9-11-23(12-10-22)18(20)21-8-5-15-6-13-24-14-7-15/h1-4,6H,5,7-14H2,(H2,20,21). The molecule has 1 saturated heterocycles. The molecule has 2 N–H and O–H groups in total. The van der Waals surface area contributed by atoms with E-state index in [0.29, 0.717) is 5.96 Å². The molecule has 2 aliphatic heterocycles. The third kappa shape index (κ3) is 4.65. The van der Waals surface area contributed by atoms with Gasteiger partial charge in [0.05, 0.1) is 13.2 Å². The largest absolute Gasteiger partial charge is 0.377 e. The second-order valence-electron chi connectivity index (χ2n) is 6.13. The molecule has 6 heteroatoms. The summed E-state index contributed by atoms with van der Waals surface area (Å²) in [5.74, 6) is 0.665. The monoisotopic (exact) mass is 348 g/mol. The number of nitrogens with two attached hydrogens (primary N) is 1. The van der Waals surface area contributed by atoms with Crippen LogP contribution in [0.15, 0.2) is 40.9 Å². The molecule has 0 aliphatic carbocycles. The molecule has 2 aliphatic rings. The normalized spacial score (nSPS) is 19.4. The maximum atomic E-state index is 6.16. The van der Waals surface area contributed by atoms with Crippen molar-refractivity contribution in [3.05, 3.63) is 40.9 Å². The molecule has 0 bridgehead atoms. The van der Waals surface area contributed by atoms with E-state index in [1.165, 1.54) is 11.3 Å². The molecule has 0 saturated carbocycles. The van der Waals surface area contributed by atoms with Crippen LogP contribution in [-0.4, -0.2) is 56.8 Å². The Kier molecular flexibility index (Phi) is 5.99. The smallest absolute Gasteiger partial charge is 0.191 e. The van der Waals surface area contributed by atoms with Crippen LogP contribution in [0.1, 0.15) is 12.8 Å². The van der Waals surface area contributed by atoms with Crippen LogP contribution in [0.5, 0.6) is 0 Å². The van der Waals surface area contributed by atoms with Gasteiger partial charge in [-0.05, 0) is 37.1 Å². The SMILES string of the molecule is NC(=NCCC1=CCOCC1)N1CCN(c2ccc(Cl)cc2)CC1. The van der Waals surface area contributed by atoms with E-state index in [-0.39, 0.29) is 0 Å². The summed E-state index contributed by atoms with van der Waals surface area (Å²) in [5.41, 5.74) is 8.81. The van der Waals surface area contributed by atoms with Gasteiger partial charge < -0.3 is 20.3 Å². The fourth-order valence-corrected chi connectivity index (χ4v) is 3.18. The summed E-state index contributed by atoms with van der Waals surface area (Å²) < 4.78 is 5.32. The van der Waals surface area contributed by atoms with Gasteiger partial charge in [0.15, 0.2) is 5.96 Å². The zero-order valence-electron chi connectivity index (χ0n) is 14.0. The van der Waals surface area contributed by atoms with E-state index in [2.05, 4.69) is 33.0 Å². The van der Waals surface area contributed by atoms with Crippen molar-refractivity contribution >= 4 is 23.2 Å². The maximum absolute atomic E-state index is 6.16. The van der Waals surface area contributed by atoms with Gasteiger partial charge in [0.1, 0.15) is 0 Å². The quantitative estimate of drug-likeness (QED) is 0.516. The summed E-state index contributed by atoms with van der Waals surface area (Å²) in [6, 6.07) is 8.00. The van der Waals surface area contributed by atoms with Crippen molar-refractivity contribution in [2.45, 2.75) is 12.8 Å². The number of benzene rings is 1. The average Bonchev–Trinajstić information content (AvgIpc) is 2.63. The van der Waals surface area contributed by atoms with Crippen molar-refractivity contribution < 1.29 is 4.74 Å². The molecule has 1 aromatic carbocycles. The molecule has 1 fully saturated rings. The number of ether oxygens (including phenoxy) is 1. The number of hydrogen-bond donors (Lipinski definition) is 1. The number of hydrogen-bond acceptors (Lipinski definition) is 3. The first-order valence-corrected chi connectivity index (χ1v) is 8.91. The van der Waals surface area contributed by atoms with Gasteiger partial charge in [-0.3, -0.25) is 4.99 Å². The summed E-state index contributed by atoms with van der Waals surface area (Å²) in [6.45, 7) is 6.01. The van der Waals surface area contributed by atoms with E-state index in [1.807, 2.05) is 12.1 Å². The summed E-state index contributed by atoms with van der Waals surface area (Å²) in [5, 5.41) is 0.772. The van der Waals surface area contributed by atoms with Crippen LogP contribution in [-0.2, 0) is 4.74 Å². The molecule has 0 aromatic heterocycles. The summed E-state index contributed by atoms with van der Waals surface area (Å²) in [7, 11) is 0. The number of anilines is 1. The number of halogens is 1. The first-order valence-electron chi connectivity index (χ1n) is 8.53. The van der Waals surface area contributed by atoms with Crippen LogP contribution in [0, 0.1) is 0 Å². The molecule has 0 atom stereocenters. The Morgan fingerprint density at radius 3 is 2.58 bits per heavy atom. The summed E-state index contributed by atoms with van der Waals surface area (Å²) in [6.07, 6.45) is 4.17. The summed E-state index contributed by atoms with van der Waals surface area (Å²) in [4.78, 5) is 9.08. The highest BCUT2D eigenvalue weighted by molar-refractivity contribution is 6.30. The van der Waals surface area contributed by atoms with E-state index in [0.717, 1.165) is 63.8 Å². The fraction of sp³-hybridized carbons (Fsp3) is 0.500. The van der Waals surface area contributed by atoms with E-state index < -0.39 is 0 Å². The molecular weight excluding hydrogens is 324 g/mol. The van der Waals surface area contributed by atoms with Crippen molar-refractivity contribution in [1.82, 2.24) is 4.90 Å². The second-order valence-corrected chi connectivity index (χ2v) is 6.56. The number of aliphatic imine (C=N–C) groups is 1. The molecule has 1 aromatic rings. The van der Waals surface area contributed by atoms with Crippen molar-refractivity contribution in [2.24, 2.45) is 10.7 Å². The first kappa shape index (κ1) is 17.1. The minimum Gasteiger partial charge on any atom is -0.377 e. The zero-order valence-corrected chi connectivity index (χ0v) is 14.7. The fourth-order valence-electron chi connectivity index (χ4n) is 3.05. The molecule has 0 amide bonds. The predicted octanol–water partition coefficient (Wildman–Crippen LogP) is 2.51. The Balaban J connectivity index is 1.45. The molecule has 0 radical (unpaired) electrons. The lowest BCUT2D eigenvalue weighted by Gasteiger charge is -2.36. The molecule has 0 spiro atoms. The van der Waals surface area contributed by atoms with E-state index in [4.69, 9.17) is 22.1 Å². The van der Waals surface area contributed by atoms with Gasteiger partial charge in [-0.1, -0.05) is 23.3 Å². The molecule has 3 rings (SSSR count). The highest BCUT2D eigenvalue weighted by Gasteiger charge is 2.18. The van der Waals surface area contributed by atoms with Crippen LogP contribution in [0.25, 0.3) is 0 Å².